The number of benzene rings is 2. The molecule has 0 atom stereocenters. The summed E-state index contributed by atoms with van der Waals surface area (Å²) in [5.74, 6) is 0.872. The van der Waals surface area contributed by atoms with Crippen LogP contribution in [0.3, 0.4) is 0 Å². The number of hydrogen-bond acceptors (Lipinski definition) is 5. The van der Waals surface area contributed by atoms with E-state index in [4.69, 9.17) is 4.74 Å². The molecule has 0 fully saturated rings. The molecule has 1 amide bonds. The van der Waals surface area contributed by atoms with Crippen LogP contribution in [-0.4, -0.2) is 28.9 Å². The summed E-state index contributed by atoms with van der Waals surface area (Å²) in [6, 6.07) is 18.5. The zero-order valence-corrected chi connectivity index (χ0v) is 18.1. The maximum Gasteiger partial charge on any atom is 0.226 e. The molecule has 5 nitrogen and oxygen atoms in total. The number of aryl methyl sites for hydroxylation is 1. The van der Waals surface area contributed by atoms with E-state index in [1.54, 1.807) is 11.3 Å². The van der Waals surface area contributed by atoms with Crippen LogP contribution < -0.4 is 10.1 Å². The third kappa shape index (κ3) is 5.46. The van der Waals surface area contributed by atoms with Gasteiger partial charge < -0.3 is 10.1 Å². The molecular weight excluding hydrogens is 394 g/mol. The molecule has 156 valence electrons. The van der Waals surface area contributed by atoms with Gasteiger partial charge in [0, 0.05) is 37.4 Å². The molecule has 6 heteroatoms. The van der Waals surface area contributed by atoms with Crippen LogP contribution in [-0.2, 0) is 30.7 Å². The molecule has 1 aliphatic rings. The monoisotopic (exact) mass is 421 g/mol. The molecule has 0 saturated carbocycles. The lowest BCUT2D eigenvalue weighted by Gasteiger charge is -2.25. The largest absolute Gasteiger partial charge is 0.494 e. The predicted molar refractivity (Wildman–Crippen MR) is 121 cm³/mol. The fraction of sp³-hybridized carbons (Fsp3) is 0.333. The summed E-state index contributed by atoms with van der Waals surface area (Å²) in [6.45, 7) is 5.46. The maximum absolute atomic E-state index is 12.4. The molecule has 0 radical (unpaired) electrons. The van der Waals surface area contributed by atoms with E-state index < -0.39 is 0 Å². The highest BCUT2D eigenvalue weighted by molar-refractivity contribution is 7.15. The second-order valence-electron chi connectivity index (χ2n) is 7.46. The number of rotatable bonds is 8. The number of carbonyl (C=O) groups excluding carboxylic acids is 1. The van der Waals surface area contributed by atoms with Gasteiger partial charge in [-0.15, -0.1) is 11.3 Å². The summed E-state index contributed by atoms with van der Waals surface area (Å²) in [4.78, 5) is 20.8. The summed E-state index contributed by atoms with van der Waals surface area (Å²) < 4.78 is 5.46. The fourth-order valence-electron chi connectivity index (χ4n) is 3.64. The van der Waals surface area contributed by atoms with E-state index in [0.717, 1.165) is 48.2 Å². The third-order valence-corrected chi connectivity index (χ3v) is 6.18. The van der Waals surface area contributed by atoms with Crippen molar-refractivity contribution in [3.05, 3.63) is 76.3 Å². The van der Waals surface area contributed by atoms with Gasteiger partial charge in [0.1, 0.15) is 5.75 Å². The Kier molecular flexibility index (Phi) is 6.77. The Morgan fingerprint density at radius 3 is 2.70 bits per heavy atom. The average Bonchev–Trinajstić information content (AvgIpc) is 3.15. The van der Waals surface area contributed by atoms with Crippen molar-refractivity contribution in [2.24, 2.45) is 0 Å². The van der Waals surface area contributed by atoms with Crippen LogP contribution >= 0.6 is 11.3 Å². The van der Waals surface area contributed by atoms with Crippen molar-refractivity contribution in [2.75, 3.05) is 18.5 Å². The number of carbonyl (C=O) groups is 1. The van der Waals surface area contributed by atoms with Gasteiger partial charge >= 0.3 is 0 Å². The number of anilines is 1. The van der Waals surface area contributed by atoms with E-state index in [2.05, 4.69) is 39.5 Å². The van der Waals surface area contributed by atoms with Gasteiger partial charge in [0.2, 0.25) is 5.91 Å². The second-order valence-corrected chi connectivity index (χ2v) is 8.54. The molecule has 0 bridgehead atoms. The van der Waals surface area contributed by atoms with Crippen molar-refractivity contribution < 1.29 is 9.53 Å². The number of ether oxygens (including phenoxy) is 1. The first-order chi connectivity index (χ1) is 14.7. The molecule has 0 saturated heterocycles. The highest BCUT2D eigenvalue weighted by Gasteiger charge is 2.21. The first-order valence-electron chi connectivity index (χ1n) is 10.5. The summed E-state index contributed by atoms with van der Waals surface area (Å²) in [7, 11) is 0. The van der Waals surface area contributed by atoms with Gasteiger partial charge in [-0.3, -0.25) is 9.69 Å². The van der Waals surface area contributed by atoms with Crippen molar-refractivity contribution in [3.8, 4) is 5.75 Å². The zero-order chi connectivity index (χ0) is 20.8. The Morgan fingerprint density at radius 1 is 1.13 bits per heavy atom. The van der Waals surface area contributed by atoms with E-state index in [0.29, 0.717) is 19.4 Å². The predicted octanol–water partition coefficient (Wildman–Crippen LogP) is 4.67. The minimum absolute atomic E-state index is 0.0103. The van der Waals surface area contributed by atoms with Crippen molar-refractivity contribution in [3.63, 3.8) is 0 Å². The zero-order valence-electron chi connectivity index (χ0n) is 17.3. The van der Waals surface area contributed by atoms with Gasteiger partial charge in [-0.25, -0.2) is 4.98 Å². The summed E-state index contributed by atoms with van der Waals surface area (Å²) in [5.41, 5.74) is 3.59. The molecular formula is C24H27N3O2S. The van der Waals surface area contributed by atoms with Crippen LogP contribution in [0.1, 0.15) is 35.0 Å². The van der Waals surface area contributed by atoms with Crippen LogP contribution in [0.4, 0.5) is 5.13 Å². The summed E-state index contributed by atoms with van der Waals surface area (Å²) in [5, 5.41) is 3.71. The van der Waals surface area contributed by atoms with Gasteiger partial charge in [0.25, 0.3) is 0 Å². The Labute approximate surface area is 181 Å². The van der Waals surface area contributed by atoms with E-state index >= 15 is 0 Å². The highest BCUT2D eigenvalue weighted by atomic mass is 32.1. The standard InChI is InChI=1S/C24H27N3O2S/c1-2-29-20-11-8-18(9-12-20)10-13-23(28)26-24-25-21-14-15-27(17-22(21)30-24)16-19-6-4-3-5-7-19/h3-9,11-12H,2,10,13-17H2,1H3,(H,25,26,28). The minimum Gasteiger partial charge on any atom is -0.494 e. The normalized spacial score (nSPS) is 13.6. The van der Waals surface area contributed by atoms with Crippen LogP contribution in [0.5, 0.6) is 5.75 Å². The summed E-state index contributed by atoms with van der Waals surface area (Å²) >= 11 is 1.61. The molecule has 30 heavy (non-hydrogen) atoms. The Balaban J connectivity index is 1.28. The van der Waals surface area contributed by atoms with Crippen LogP contribution in [0, 0.1) is 0 Å². The van der Waals surface area contributed by atoms with Crippen molar-refractivity contribution in [1.82, 2.24) is 9.88 Å². The smallest absolute Gasteiger partial charge is 0.226 e. The number of thiazole rings is 1. The molecule has 4 rings (SSSR count). The number of nitrogens with one attached hydrogen (secondary N) is 1. The molecule has 0 unspecified atom stereocenters. The van der Waals surface area contributed by atoms with E-state index in [9.17, 15) is 4.79 Å². The SMILES string of the molecule is CCOc1ccc(CCC(=O)Nc2nc3c(s2)CN(Cc2ccccc2)CC3)cc1. The first-order valence-corrected chi connectivity index (χ1v) is 11.3. The lowest BCUT2D eigenvalue weighted by atomic mass is 10.1. The Bertz CT molecular complexity index is 970. The van der Waals surface area contributed by atoms with Gasteiger partial charge in [0.05, 0.1) is 12.3 Å². The number of hydrogen-bond donors (Lipinski definition) is 1. The van der Waals surface area contributed by atoms with Crippen molar-refractivity contribution >= 4 is 22.4 Å². The summed E-state index contributed by atoms with van der Waals surface area (Å²) in [6.07, 6.45) is 2.08. The second kappa shape index (κ2) is 9.87. The molecule has 0 aliphatic carbocycles. The van der Waals surface area contributed by atoms with E-state index in [-0.39, 0.29) is 5.91 Å². The highest BCUT2D eigenvalue weighted by Crippen LogP contribution is 2.29. The quantitative estimate of drug-likeness (QED) is 0.574. The van der Waals surface area contributed by atoms with Crippen LogP contribution in [0.2, 0.25) is 0 Å². The molecule has 2 aromatic carbocycles. The molecule has 0 spiro atoms. The number of aromatic nitrogens is 1. The van der Waals surface area contributed by atoms with Gasteiger partial charge in [-0.2, -0.15) is 0 Å². The minimum atomic E-state index is 0.0103. The molecule has 1 aliphatic heterocycles. The number of nitrogens with zero attached hydrogens (tertiary/aromatic N) is 2. The lowest BCUT2D eigenvalue weighted by Crippen LogP contribution is -2.29. The lowest BCUT2D eigenvalue weighted by molar-refractivity contribution is -0.116. The van der Waals surface area contributed by atoms with Crippen molar-refractivity contribution in [1.29, 1.82) is 0 Å². The van der Waals surface area contributed by atoms with Gasteiger partial charge in [-0.1, -0.05) is 42.5 Å². The molecule has 2 heterocycles. The average molecular weight is 422 g/mol. The van der Waals surface area contributed by atoms with Gasteiger partial charge in [-0.05, 0) is 36.6 Å². The Hall–Kier alpha value is -2.70. The fourth-order valence-corrected chi connectivity index (χ4v) is 4.70. The van der Waals surface area contributed by atoms with Gasteiger partial charge in [0.15, 0.2) is 5.13 Å². The first kappa shape index (κ1) is 20.6. The molecule has 1 aromatic heterocycles. The number of amides is 1. The molecule has 1 N–H and O–H groups in total. The van der Waals surface area contributed by atoms with Crippen LogP contribution in [0.25, 0.3) is 0 Å². The van der Waals surface area contributed by atoms with Crippen molar-refractivity contribution in [2.45, 2.75) is 39.3 Å². The topological polar surface area (TPSA) is 54.5 Å². The third-order valence-electron chi connectivity index (χ3n) is 5.18. The van der Waals surface area contributed by atoms with Crippen LogP contribution in [0.15, 0.2) is 54.6 Å². The molecule has 3 aromatic rings. The maximum atomic E-state index is 12.4. The Morgan fingerprint density at radius 2 is 1.93 bits per heavy atom. The number of fused-ring (bicyclic) bond motifs is 1. The van der Waals surface area contributed by atoms with E-state index in [1.165, 1.54) is 10.4 Å². The van der Waals surface area contributed by atoms with E-state index in [1.807, 2.05) is 37.3 Å².